The molecule has 0 spiro atoms. The van der Waals surface area contributed by atoms with E-state index in [1.54, 1.807) is 0 Å². The first-order chi connectivity index (χ1) is 8.38. The Morgan fingerprint density at radius 1 is 1.00 bits per heavy atom. The SMILES string of the molecule is CC.CC.CC.Cc1cccc2c1C=NCO2. The highest BCUT2D eigenvalue weighted by Crippen LogP contribution is 2.21. The fourth-order valence-electron chi connectivity index (χ4n) is 1.18. The van der Waals surface area contributed by atoms with Gasteiger partial charge >= 0.3 is 0 Å². The summed E-state index contributed by atoms with van der Waals surface area (Å²) in [4.78, 5) is 4.03. The Bertz CT molecular complexity index is 306. The van der Waals surface area contributed by atoms with Gasteiger partial charge in [-0.05, 0) is 18.6 Å². The molecular weight excluding hydrogens is 210 g/mol. The van der Waals surface area contributed by atoms with E-state index in [9.17, 15) is 0 Å². The number of nitrogens with zero attached hydrogens (tertiary/aromatic N) is 1. The molecule has 0 radical (unpaired) electrons. The number of hydrogen-bond donors (Lipinski definition) is 0. The van der Waals surface area contributed by atoms with Crippen molar-refractivity contribution in [2.45, 2.75) is 48.5 Å². The summed E-state index contributed by atoms with van der Waals surface area (Å²) in [6, 6.07) is 6.01. The summed E-state index contributed by atoms with van der Waals surface area (Å²) >= 11 is 0. The van der Waals surface area contributed by atoms with E-state index in [1.165, 1.54) is 5.56 Å². The monoisotopic (exact) mass is 237 g/mol. The second-order valence-corrected chi connectivity index (χ2v) is 2.57. The molecule has 0 fully saturated rings. The van der Waals surface area contributed by atoms with Gasteiger partial charge in [-0.15, -0.1) is 0 Å². The van der Waals surface area contributed by atoms with Crippen LogP contribution in [0.15, 0.2) is 23.2 Å². The lowest BCUT2D eigenvalue weighted by Gasteiger charge is -2.12. The first kappa shape index (κ1) is 18.1. The van der Waals surface area contributed by atoms with Gasteiger partial charge in [0, 0.05) is 11.8 Å². The zero-order chi connectivity index (χ0) is 13.7. The van der Waals surface area contributed by atoms with Crippen LogP contribution in [0.1, 0.15) is 52.7 Å². The highest BCUT2D eigenvalue weighted by Gasteiger charge is 2.06. The third-order valence-electron chi connectivity index (χ3n) is 1.80. The van der Waals surface area contributed by atoms with Gasteiger partial charge in [0.1, 0.15) is 5.75 Å². The van der Waals surface area contributed by atoms with E-state index in [-0.39, 0.29) is 0 Å². The molecule has 98 valence electrons. The molecule has 2 heteroatoms. The maximum atomic E-state index is 5.31. The van der Waals surface area contributed by atoms with E-state index in [2.05, 4.69) is 18.0 Å². The fraction of sp³-hybridized carbons (Fsp3) is 0.533. The van der Waals surface area contributed by atoms with Gasteiger partial charge in [-0.1, -0.05) is 53.7 Å². The number of rotatable bonds is 0. The van der Waals surface area contributed by atoms with Crippen LogP contribution in [0.4, 0.5) is 0 Å². The standard InChI is InChI=1S/C9H9NO.3C2H6/c1-7-3-2-4-9-8(7)5-10-6-11-9;3*1-2/h2-5H,6H2,1H3;3*1-2H3. The molecule has 0 saturated carbocycles. The average molecular weight is 237 g/mol. The molecule has 1 aromatic carbocycles. The third kappa shape index (κ3) is 6.10. The summed E-state index contributed by atoms with van der Waals surface area (Å²) in [5.41, 5.74) is 2.32. The van der Waals surface area contributed by atoms with Crippen LogP contribution < -0.4 is 4.74 Å². The van der Waals surface area contributed by atoms with Crippen molar-refractivity contribution in [2.75, 3.05) is 6.73 Å². The van der Waals surface area contributed by atoms with Crippen LogP contribution in [0, 0.1) is 6.92 Å². The summed E-state index contributed by atoms with van der Waals surface area (Å²) < 4.78 is 5.31. The van der Waals surface area contributed by atoms with Gasteiger partial charge in [0.25, 0.3) is 0 Å². The lowest BCUT2D eigenvalue weighted by Crippen LogP contribution is -2.04. The van der Waals surface area contributed by atoms with Crippen molar-refractivity contribution in [3.8, 4) is 5.75 Å². The Morgan fingerprint density at radius 2 is 1.59 bits per heavy atom. The minimum absolute atomic E-state index is 0.455. The van der Waals surface area contributed by atoms with Crippen LogP contribution in [0.25, 0.3) is 0 Å². The number of hydrogen-bond acceptors (Lipinski definition) is 2. The summed E-state index contributed by atoms with van der Waals surface area (Å²) in [5.74, 6) is 0.944. The molecule has 1 aliphatic rings. The normalized spacial score (nSPS) is 10.1. The van der Waals surface area contributed by atoms with Gasteiger partial charge in [0.15, 0.2) is 6.73 Å². The van der Waals surface area contributed by atoms with Crippen molar-refractivity contribution < 1.29 is 4.74 Å². The summed E-state index contributed by atoms with van der Waals surface area (Å²) in [6.45, 7) is 14.5. The van der Waals surface area contributed by atoms with E-state index in [0.29, 0.717) is 6.73 Å². The molecular formula is C15H27NO. The van der Waals surface area contributed by atoms with Crippen LogP contribution >= 0.6 is 0 Å². The third-order valence-corrected chi connectivity index (χ3v) is 1.80. The van der Waals surface area contributed by atoms with Crippen LogP contribution in [0.5, 0.6) is 5.75 Å². The van der Waals surface area contributed by atoms with E-state index in [4.69, 9.17) is 4.74 Å². The summed E-state index contributed by atoms with van der Waals surface area (Å²) in [6.07, 6.45) is 1.87. The summed E-state index contributed by atoms with van der Waals surface area (Å²) in [5, 5.41) is 0. The Morgan fingerprint density at radius 3 is 2.12 bits per heavy atom. The zero-order valence-corrected chi connectivity index (χ0v) is 12.4. The minimum Gasteiger partial charge on any atom is -0.471 e. The Kier molecular flexibility index (Phi) is 13.6. The maximum Gasteiger partial charge on any atom is 0.179 e. The number of aliphatic imine (C=N–C) groups is 1. The first-order valence-corrected chi connectivity index (χ1v) is 6.60. The highest BCUT2D eigenvalue weighted by atomic mass is 16.5. The van der Waals surface area contributed by atoms with E-state index < -0.39 is 0 Å². The van der Waals surface area contributed by atoms with E-state index in [0.717, 1.165) is 11.3 Å². The van der Waals surface area contributed by atoms with Gasteiger partial charge in [0.2, 0.25) is 0 Å². The lowest BCUT2D eigenvalue weighted by atomic mass is 10.1. The molecule has 1 heterocycles. The smallest absolute Gasteiger partial charge is 0.179 e. The molecule has 1 aromatic rings. The summed E-state index contributed by atoms with van der Waals surface area (Å²) in [7, 11) is 0. The zero-order valence-electron chi connectivity index (χ0n) is 12.4. The Hall–Kier alpha value is -1.31. The average Bonchev–Trinajstić information content (AvgIpc) is 2.46. The number of fused-ring (bicyclic) bond motifs is 1. The molecule has 0 bridgehead atoms. The maximum absolute atomic E-state index is 5.31. The molecule has 1 aliphatic heterocycles. The van der Waals surface area contributed by atoms with Crippen molar-refractivity contribution in [1.29, 1.82) is 0 Å². The molecule has 2 rings (SSSR count). The molecule has 0 aromatic heterocycles. The number of benzene rings is 1. The van der Waals surface area contributed by atoms with Gasteiger partial charge in [-0.3, -0.25) is 4.99 Å². The molecule has 0 aliphatic carbocycles. The van der Waals surface area contributed by atoms with E-state index >= 15 is 0 Å². The van der Waals surface area contributed by atoms with E-state index in [1.807, 2.05) is 59.9 Å². The molecule has 0 N–H and O–H groups in total. The molecule has 0 saturated heterocycles. The largest absolute Gasteiger partial charge is 0.471 e. The van der Waals surface area contributed by atoms with Crippen molar-refractivity contribution in [3.63, 3.8) is 0 Å². The molecule has 17 heavy (non-hydrogen) atoms. The van der Waals surface area contributed by atoms with Crippen molar-refractivity contribution in [2.24, 2.45) is 4.99 Å². The van der Waals surface area contributed by atoms with Gasteiger partial charge in [-0.2, -0.15) is 0 Å². The lowest BCUT2D eigenvalue weighted by molar-refractivity contribution is 0.326. The van der Waals surface area contributed by atoms with Gasteiger partial charge in [0.05, 0.1) is 0 Å². The molecule has 0 atom stereocenters. The molecule has 2 nitrogen and oxygen atoms in total. The predicted octanol–water partition coefficient (Wildman–Crippen LogP) is 4.84. The second-order valence-electron chi connectivity index (χ2n) is 2.57. The highest BCUT2D eigenvalue weighted by molar-refractivity contribution is 5.86. The van der Waals surface area contributed by atoms with Crippen LogP contribution in [0.3, 0.4) is 0 Å². The van der Waals surface area contributed by atoms with Crippen LogP contribution in [-0.2, 0) is 0 Å². The first-order valence-electron chi connectivity index (χ1n) is 6.60. The topological polar surface area (TPSA) is 21.6 Å². The number of ether oxygens (including phenoxy) is 1. The second kappa shape index (κ2) is 12.8. The minimum atomic E-state index is 0.455. The van der Waals surface area contributed by atoms with Crippen LogP contribution in [-0.4, -0.2) is 12.9 Å². The van der Waals surface area contributed by atoms with Crippen molar-refractivity contribution >= 4 is 6.21 Å². The molecule has 0 unspecified atom stereocenters. The van der Waals surface area contributed by atoms with Crippen LogP contribution in [0.2, 0.25) is 0 Å². The Balaban J connectivity index is 0. The fourth-order valence-corrected chi connectivity index (χ4v) is 1.18. The predicted molar refractivity (Wildman–Crippen MR) is 78.3 cm³/mol. The van der Waals surface area contributed by atoms with Gasteiger partial charge < -0.3 is 4.74 Å². The van der Waals surface area contributed by atoms with Crippen molar-refractivity contribution in [1.82, 2.24) is 0 Å². The van der Waals surface area contributed by atoms with Crippen molar-refractivity contribution in [3.05, 3.63) is 29.3 Å². The Labute approximate surface area is 107 Å². The molecule has 0 amide bonds. The quantitative estimate of drug-likeness (QED) is 0.632. The van der Waals surface area contributed by atoms with Gasteiger partial charge in [-0.25, -0.2) is 0 Å². The number of aryl methyl sites for hydroxylation is 1.